The minimum Gasteiger partial charge on any atom is -0.465 e. The summed E-state index contributed by atoms with van der Waals surface area (Å²) < 4.78 is 11.7. The van der Waals surface area contributed by atoms with Crippen LogP contribution >= 0.6 is 0 Å². The summed E-state index contributed by atoms with van der Waals surface area (Å²) in [5.74, 6) is 0.777. The van der Waals surface area contributed by atoms with E-state index in [0.29, 0.717) is 52.4 Å². The monoisotopic (exact) mass is 505 g/mol. The molecule has 2 amide bonds. The molecule has 2 fully saturated rings. The Morgan fingerprint density at radius 2 is 1.97 bits per heavy atom. The second-order valence-electron chi connectivity index (χ2n) is 12.2. The van der Waals surface area contributed by atoms with Crippen LogP contribution in [0.1, 0.15) is 32.2 Å². The number of carbonyl (C=O) groups excluding carboxylic acids is 1. The molecular weight excluding hydrogens is 466 g/mol. The van der Waals surface area contributed by atoms with Gasteiger partial charge >= 0.3 is 12.2 Å². The Morgan fingerprint density at radius 1 is 1.23 bits per heavy atom. The highest BCUT2D eigenvalue weighted by Gasteiger charge is 2.62. The Bertz CT molecular complexity index is 978. The van der Waals surface area contributed by atoms with Crippen LogP contribution in [-0.2, 0) is 22.4 Å². The molecule has 0 saturated carbocycles. The molecule has 3 aliphatic rings. The van der Waals surface area contributed by atoms with Crippen molar-refractivity contribution in [2.75, 3.05) is 44.3 Å². The first-order valence-electron chi connectivity index (χ1n) is 12.4. The largest absolute Gasteiger partial charge is 0.465 e. The lowest BCUT2D eigenvalue weighted by Crippen LogP contribution is -2.80. The van der Waals surface area contributed by atoms with Gasteiger partial charge in [0.2, 0.25) is 0 Å². The lowest BCUT2D eigenvalue weighted by molar-refractivity contribution is -0.206. The van der Waals surface area contributed by atoms with Gasteiger partial charge < -0.3 is 24.4 Å². The lowest BCUT2D eigenvalue weighted by atomic mass is 9.68. The molecule has 0 radical (unpaired) electrons. The number of rotatable bonds is 4. The van der Waals surface area contributed by atoms with Crippen molar-refractivity contribution in [3.05, 3.63) is 17.6 Å². The van der Waals surface area contributed by atoms with Crippen LogP contribution in [0.4, 0.5) is 15.4 Å². The molecule has 0 bridgehead atoms. The Labute approximate surface area is 208 Å². The fourth-order valence-corrected chi connectivity index (χ4v) is 6.17. The van der Waals surface area contributed by atoms with Gasteiger partial charge in [0, 0.05) is 27.6 Å². The third-order valence-electron chi connectivity index (χ3n) is 7.06. The van der Waals surface area contributed by atoms with E-state index >= 15 is 0 Å². The van der Waals surface area contributed by atoms with Gasteiger partial charge in [-0.1, -0.05) is 40.4 Å². The van der Waals surface area contributed by atoms with Gasteiger partial charge in [0.05, 0.1) is 56.5 Å². The Kier molecular flexibility index (Phi) is 6.78. The highest BCUT2D eigenvalue weighted by atomic mass is 28.3. The Hall–Kier alpha value is -2.40. The molecule has 2 unspecified atom stereocenters. The molecule has 2 saturated heterocycles. The van der Waals surface area contributed by atoms with Crippen molar-refractivity contribution in [1.29, 1.82) is 0 Å². The molecule has 1 aromatic heterocycles. The first-order valence-corrected chi connectivity index (χ1v) is 16.1. The number of hydrogen-bond acceptors (Lipinski definition) is 7. The second-order valence-corrected chi connectivity index (χ2v) is 17.9. The van der Waals surface area contributed by atoms with Crippen LogP contribution in [0.2, 0.25) is 25.7 Å². The number of morpholine rings is 1. The number of carbonyl (C=O) groups is 2. The zero-order valence-corrected chi connectivity index (χ0v) is 22.8. The van der Waals surface area contributed by atoms with Gasteiger partial charge in [-0.2, -0.15) is 0 Å². The number of amides is 2. The van der Waals surface area contributed by atoms with E-state index in [4.69, 9.17) is 14.5 Å². The van der Waals surface area contributed by atoms with Gasteiger partial charge in [-0.25, -0.2) is 14.6 Å². The van der Waals surface area contributed by atoms with E-state index in [9.17, 15) is 14.7 Å². The Balaban J connectivity index is 1.42. The molecule has 4 rings (SSSR count). The highest BCUT2D eigenvalue weighted by Crippen LogP contribution is 2.45. The molecule has 4 heterocycles. The predicted octanol–water partition coefficient (Wildman–Crippen LogP) is 3.29. The van der Waals surface area contributed by atoms with E-state index in [1.54, 1.807) is 11.1 Å². The van der Waals surface area contributed by atoms with Gasteiger partial charge in [0.25, 0.3) is 0 Å². The fraction of sp³-hybridized carbons (Fsp3) is 0.750. The molecule has 194 valence electrons. The van der Waals surface area contributed by atoms with E-state index < -0.39 is 19.8 Å². The van der Waals surface area contributed by atoms with E-state index in [0.717, 1.165) is 23.2 Å². The SMILES string of the molecule is CC(C)(C)C1N(C(=O)O)CC12CN(c1cnc3c(n1)CCN(C(=O)OCC[Si](C)(C)C)C3)CCO2. The number of ether oxygens (including phenoxy) is 2. The molecule has 2 atom stereocenters. The number of aromatic nitrogens is 2. The van der Waals surface area contributed by atoms with E-state index in [1.165, 1.54) is 4.90 Å². The molecule has 0 aliphatic carbocycles. The molecule has 1 aromatic rings. The number of hydrogen-bond donors (Lipinski definition) is 1. The van der Waals surface area contributed by atoms with Crippen molar-refractivity contribution in [3.8, 4) is 0 Å². The summed E-state index contributed by atoms with van der Waals surface area (Å²) in [6.45, 7) is 16.5. The van der Waals surface area contributed by atoms with Crippen molar-refractivity contribution in [2.45, 2.75) is 71.1 Å². The maximum absolute atomic E-state index is 12.5. The topological polar surface area (TPSA) is 108 Å². The number of carboxylic acid groups (broad SMARTS) is 1. The predicted molar refractivity (Wildman–Crippen MR) is 135 cm³/mol. The molecule has 0 aromatic carbocycles. The molecule has 1 N–H and O–H groups in total. The number of nitrogens with zero attached hydrogens (tertiary/aromatic N) is 5. The summed E-state index contributed by atoms with van der Waals surface area (Å²) in [6, 6.07) is 0.717. The zero-order chi connectivity index (χ0) is 25.6. The van der Waals surface area contributed by atoms with Crippen molar-refractivity contribution >= 4 is 26.1 Å². The number of fused-ring (bicyclic) bond motifs is 1. The number of likely N-dealkylation sites (tertiary alicyclic amines) is 1. The smallest absolute Gasteiger partial charge is 0.410 e. The summed E-state index contributed by atoms with van der Waals surface area (Å²) >= 11 is 0. The van der Waals surface area contributed by atoms with Crippen molar-refractivity contribution in [1.82, 2.24) is 19.8 Å². The molecule has 3 aliphatic heterocycles. The summed E-state index contributed by atoms with van der Waals surface area (Å²) in [5.41, 5.74) is 0.901. The van der Waals surface area contributed by atoms with Crippen LogP contribution in [0, 0.1) is 5.41 Å². The van der Waals surface area contributed by atoms with Crippen LogP contribution in [0.15, 0.2) is 6.20 Å². The van der Waals surface area contributed by atoms with E-state index in [-0.39, 0.29) is 17.6 Å². The van der Waals surface area contributed by atoms with Crippen LogP contribution in [0.25, 0.3) is 0 Å². The highest BCUT2D eigenvalue weighted by molar-refractivity contribution is 6.76. The third kappa shape index (κ3) is 5.40. The minimum atomic E-state index is -1.25. The first-order chi connectivity index (χ1) is 16.3. The van der Waals surface area contributed by atoms with Gasteiger partial charge in [-0.15, -0.1) is 0 Å². The van der Waals surface area contributed by atoms with Crippen molar-refractivity contribution in [3.63, 3.8) is 0 Å². The average molecular weight is 506 g/mol. The lowest BCUT2D eigenvalue weighted by Gasteiger charge is -2.62. The molecule has 35 heavy (non-hydrogen) atoms. The Morgan fingerprint density at radius 3 is 2.63 bits per heavy atom. The normalized spacial score (nSPS) is 24.7. The summed E-state index contributed by atoms with van der Waals surface area (Å²) in [5, 5.41) is 9.64. The van der Waals surface area contributed by atoms with E-state index in [2.05, 4.69) is 50.3 Å². The van der Waals surface area contributed by atoms with Crippen molar-refractivity contribution in [2.24, 2.45) is 5.41 Å². The summed E-state index contributed by atoms with van der Waals surface area (Å²) in [6.07, 6.45) is 1.20. The quantitative estimate of drug-likeness (QED) is 0.621. The fourth-order valence-electron chi connectivity index (χ4n) is 5.45. The zero-order valence-electron chi connectivity index (χ0n) is 21.8. The molecule has 10 nitrogen and oxygen atoms in total. The average Bonchev–Trinajstić information content (AvgIpc) is 2.74. The van der Waals surface area contributed by atoms with Gasteiger partial charge in [0.1, 0.15) is 11.4 Å². The summed E-state index contributed by atoms with van der Waals surface area (Å²) in [4.78, 5) is 39.2. The van der Waals surface area contributed by atoms with Crippen LogP contribution < -0.4 is 4.90 Å². The van der Waals surface area contributed by atoms with Crippen molar-refractivity contribution < 1.29 is 24.2 Å². The van der Waals surface area contributed by atoms with Crippen LogP contribution in [-0.4, -0.2) is 96.2 Å². The minimum absolute atomic E-state index is 0.235. The molecule has 11 heteroatoms. The first kappa shape index (κ1) is 25.7. The van der Waals surface area contributed by atoms with Gasteiger partial charge in [-0.05, 0) is 11.5 Å². The van der Waals surface area contributed by atoms with E-state index in [1.807, 2.05) is 0 Å². The van der Waals surface area contributed by atoms with Crippen LogP contribution in [0.3, 0.4) is 0 Å². The number of anilines is 1. The molecule has 1 spiro atoms. The second kappa shape index (κ2) is 9.23. The van der Waals surface area contributed by atoms with Gasteiger partial charge in [0.15, 0.2) is 0 Å². The summed E-state index contributed by atoms with van der Waals surface area (Å²) in [7, 11) is -1.25. The van der Waals surface area contributed by atoms with Crippen LogP contribution in [0.5, 0.6) is 0 Å². The van der Waals surface area contributed by atoms with Gasteiger partial charge in [-0.3, -0.25) is 9.88 Å². The third-order valence-corrected chi connectivity index (χ3v) is 8.76. The standard InChI is InChI=1S/C24H39N5O5Si/c1-23(2,3)20-24(16-29(20)21(30)31)15-28(9-10-34-24)19-13-25-18-14-27(8-7-17(18)26-19)22(32)33-11-12-35(4,5)6/h13,20H,7-12,14-16H2,1-6H3,(H,30,31). The maximum Gasteiger partial charge on any atom is 0.410 e. The maximum atomic E-state index is 12.5. The molecular formula is C24H39N5O5Si.